The first-order valence-electron chi connectivity index (χ1n) is 17.1. The second-order valence-corrected chi connectivity index (χ2v) is 12.3. The fourth-order valence-electron chi connectivity index (χ4n) is 6.04. The first-order valence-corrected chi connectivity index (χ1v) is 17.1. The van der Waals surface area contributed by atoms with Gasteiger partial charge in [0.15, 0.2) is 11.6 Å². The van der Waals surface area contributed by atoms with Gasteiger partial charge in [0.2, 0.25) is 5.82 Å². The fraction of sp³-hybridized carbons (Fsp3) is 0.649. The third-order valence-electron chi connectivity index (χ3n) is 8.76. The van der Waals surface area contributed by atoms with Crippen LogP contribution in [0.4, 0.5) is 8.78 Å². The molecule has 0 aromatic heterocycles. The highest BCUT2D eigenvalue weighted by molar-refractivity contribution is 5.91. The Kier molecular flexibility index (Phi) is 16.5. The Morgan fingerprint density at radius 2 is 1.16 bits per heavy atom. The molecule has 0 N–H and O–H groups in total. The van der Waals surface area contributed by atoms with Crippen LogP contribution in [-0.2, 0) is 0 Å². The smallest absolute Gasteiger partial charge is 0.346 e. The van der Waals surface area contributed by atoms with Gasteiger partial charge in [-0.2, -0.15) is 4.39 Å². The average molecular weight is 601 g/mol. The van der Waals surface area contributed by atoms with Gasteiger partial charge in [0.1, 0.15) is 11.5 Å². The number of halogens is 2. The van der Waals surface area contributed by atoms with Crippen molar-refractivity contribution in [2.24, 2.45) is 11.8 Å². The Morgan fingerprint density at radius 1 is 0.628 bits per heavy atom. The molecule has 2 aromatic rings. The van der Waals surface area contributed by atoms with Crippen LogP contribution in [0.15, 0.2) is 36.4 Å². The van der Waals surface area contributed by atoms with Crippen molar-refractivity contribution in [3.63, 3.8) is 0 Å². The number of hydrogen-bond donors (Lipinski definition) is 0. The van der Waals surface area contributed by atoms with Crippen molar-refractivity contribution in [3.8, 4) is 17.2 Å². The largest absolute Gasteiger partial charge is 0.494 e. The number of unbranched alkanes of at least 4 members (excludes halogenated alkanes) is 9. The molecular weight excluding hydrogens is 546 g/mol. The summed E-state index contributed by atoms with van der Waals surface area (Å²) >= 11 is 0. The molecule has 0 bridgehead atoms. The minimum Gasteiger partial charge on any atom is -0.494 e. The molecule has 2 aromatic carbocycles. The molecule has 0 heterocycles. The highest BCUT2D eigenvalue weighted by Crippen LogP contribution is 2.34. The van der Waals surface area contributed by atoms with Gasteiger partial charge < -0.3 is 14.2 Å². The van der Waals surface area contributed by atoms with E-state index in [1.54, 1.807) is 24.3 Å². The van der Waals surface area contributed by atoms with Gasteiger partial charge in [-0.3, -0.25) is 0 Å². The number of rotatable bonds is 21. The van der Waals surface area contributed by atoms with Gasteiger partial charge >= 0.3 is 5.97 Å². The molecule has 4 nitrogen and oxygen atoms in total. The molecule has 0 amide bonds. The van der Waals surface area contributed by atoms with Crippen molar-refractivity contribution in [2.75, 3.05) is 13.2 Å². The van der Waals surface area contributed by atoms with Crippen molar-refractivity contribution < 1.29 is 27.8 Å². The van der Waals surface area contributed by atoms with Crippen molar-refractivity contribution in [2.45, 2.75) is 129 Å². The van der Waals surface area contributed by atoms with E-state index in [-0.39, 0.29) is 11.5 Å². The lowest BCUT2D eigenvalue weighted by atomic mass is 9.78. The number of carbonyl (C=O) groups excluding carboxylic acids is 1. The number of carbonyl (C=O) groups is 1. The predicted molar refractivity (Wildman–Crippen MR) is 170 cm³/mol. The van der Waals surface area contributed by atoms with E-state index >= 15 is 0 Å². The summed E-state index contributed by atoms with van der Waals surface area (Å²) in [6.45, 7) is 5.42. The molecule has 0 spiro atoms. The van der Waals surface area contributed by atoms with Crippen molar-refractivity contribution in [3.05, 3.63) is 53.6 Å². The average Bonchev–Trinajstić information content (AvgIpc) is 3.02. The standard InChI is InChI=1S/C37H54F2O4/c1-3-5-7-8-9-10-11-13-27-42-34-26-25-33(35(38)36(34)39)37(40)43-32-23-21-31(22-24-32)41-28-14-16-30-19-17-29(18-20-30)15-12-6-4-2/h21-26,29-30H,3-20,27-28H2,1-2H3. The summed E-state index contributed by atoms with van der Waals surface area (Å²) in [7, 11) is 0. The first-order chi connectivity index (χ1) is 21.0. The maximum absolute atomic E-state index is 14.7. The third-order valence-corrected chi connectivity index (χ3v) is 8.76. The predicted octanol–water partition coefficient (Wildman–Crippen LogP) is 11.2. The number of hydrogen-bond acceptors (Lipinski definition) is 4. The molecule has 0 aliphatic heterocycles. The lowest BCUT2D eigenvalue weighted by molar-refractivity contribution is 0.0728. The normalized spacial score (nSPS) is 16.7. The quantitative estimate of drug-likeness (QED) is 0.0812. The van der Waals surface area contributed by atoms with Crippen LogP contribution in [0.5, 0.6) is 17.2 Å². The van der Waals surface area contributed by atoms with E-state index in [9.17, 15) is 13.6 Å². The van der Waals surface area contributed by atoms with Gasteiger partial charge in [-0.25, -0.2) is 9.18 Å². The highest BCUT2D eigenvalue weighted by atomic mass is 19.2. The van der Waals surface area contributed by atoms with E-state index in [0.29, 0.717) is 19.0 Å². The second-order valence-electron chi connectivity index (χ2n) is 12.3. The van der Waals surface area contributed by atoms with Crippen molar-refractivity contribution in [1.82, 2.24) is 0 Å². The molecule has 0 unspecified atom stereocenters. The molecule has 240 valence electrons. The highest BCUT2D eigenvalue weighted by Gasteiger charge is 2.22. The third kappa shape index (κ3) is 12.9. The summed E-state index contributed by atoms with van der Waals surface area (Å²) in [6, 6.07) is 9.15. The molecule has 1 fully saturated rings. The van der Waals surface area contributed by atoms with Gasteiger partial charge in [-0.05, 0) is 67.5 Å². The summed E-state index contributed by atoms with van der Waals surface area (Å²) in [4.78, 5) is 12.6. The Balaban J connectivity index is 1.33. The lowest BCUT2D eigenvalue weighted by Gasteiger charge is -2.28. The van der Waals surface area contributed by atoms with Crippen LogP contribution < -0.4 is 14.2 Å². The van der Waals surface area contributed by atoms with Crippen LogP contribution in [0, 0.1) is 23.5 Å². The maximum atomic E-state index is 14.7. The van der Waals surface area contributed by atoms with Gasteiger partial charge in [-0.15, -0.1) is 0 Å². The van der Waals surface area contributed by atoms with E-state index in [1.165, 1.54) is 102 Å². The molecule has 1 aliphatic rings. The van der Waals surface area contributed by atoms with E-state index < -0.39 is 23.2 Å². The summed E-state index contributed by atoms with van der Waals surface area (Å²) in [6.07, 6.45) is 22.2. The van der Waals surface area contributed by atoms with E-state index in [1.807, 2.05) is 0 Å². The molecule has 3 rings (SSSR count). The molecule has 6 heteroatoms. The van der Waals surface area contributed by atoms with Gasteiger partial charge in [0, 0.05) is 0 Å². The summed E-state index contributed by atoms with van der Waals surface area (Å²) in [5.74, 6) is -0.898. The number of ether oxygens (including phenoxy) is 3. The SMILES string of the molecule is CCCCCCCCCCOc1ccc(C(=O)Oc2ccc(OCCCC3CCC(CCCCC)CC3)cc2)c(F)c1F. The second kappa shape index (κ2) is 20.3. The molecule has 0 atom stereocenters. The molecule has 1 saturated carbocycles. The minimum absolute atomic E-state index is 0.186. The van der Waals surface area contributed by atoms with Gasteiger partial charge in [-0.1, -0.05) is 110 Å². The van der Waals surface area contributed by atoms with Crippen molar-refractivity contribution in [1.29, 1.82) is 0 Å². The molecule has 43 heavy (non-hydrogen) atoms. The van der Waals surface area contributed by atoms with Gasteiger partial charge in [0.05, 0.1) is 18.8 Å². The summed E-state index contributed by atoms with van der Waals surface area (Å²) < 4.78 is 45.9. The van der Waals surface area contributed by atoms with Crippen LogP contribution in [0.3, 0.4) is 0 Å². The Labute approximate surface area is 258 Å². The minimum atomic E-state index is -1.26. The van der Waals surface area contributed by atoms with Crippen molar-refractivity contribution >= 4 is 5.97 Å². The Hall–Kier alpha value is -2.63. The Bertz CT molecular complexity index is 1050. The van der Waals surface area contributed by atoms with E-state index in [0.717, 1.165) is 37.5 Å². The van der Waals surface area contributed by atoms with Crippen LogP contribution in [-0.4, -0.2) is 19.2 Å². The first kappa shape index (κ1) is 34.9. The van der Waals surface area contributed by atoms with Crippen LogP contribution in [0.25, 0.3) is 0 Å². The lowest BCUT2D eigenvalue weighted by Crippen LogP contribution is -2.15. The molecule has 0 radical (unpaired) electrons. The van der Waals surface area contributed by atoms with E-state index in [4.69, 9.17) is 14.2 Å². The van der Waals surface area contributed by atoms with Crippen LogP contribution in [0.2, 0.25) is 0 Å². The summed E-state index contributed by atoms with van der Waals surface area (Å²) in [5, 5.41) is 0. The number of esters is 1. The summed E-state index contributed by atoms with van der Waals surface area (Å²) in [5.41, 5.74) is -0.466. The molecular formula is C37H54F2O4. The fourth-order valence-corrected chi connectivity index (χ4v) is 6.04. The molecule has 0 saturated heterocycles. The topological polar surface area (TPSA) is 44.8 Å². The van der Waals surface area contributed by atoms with Gasteiger partial charge in [0.25, 0.3) is 0 Å². The van der Waals surface area contributed by atoms with Crippen LogP contribution in [0.1, 0.15) is 140 Å². The van der Waals surface area contributed by atoms with E-state index in [2.05, 4.69) is 13.8 Å². The zero-order valence-corrected chi connectivity index (χ0v) is 26.6. The molecule has 1 aliphatic carbocycles. The zero-order chi connectivity index (χ0) is 30.7. The monoisotopic (exact) mass is 600 g/mol. The Morgan fingerprint density at radius 3 is 1.81 bits per heavy atom. The maximum Gasteiger partial charge on any atom is 0.346 e. The number of benzene rings is 2. The van der Waals surface area contributed by atoms with Crippen LogP contribution >= 0.6 is 0 Å². The zero-order valence-electron chi connectivity index (χ0n) is 26.6.